The number of carbonyl (C=O) groups excluding carboxylic acids is 1. The monoisotopic (exact) mass is 340 g/mol. The Labute approximate surface area is 142 Å². The second kappa shape index (κ2) is 7.05. The molecule has 2 rings (SSSR count). The number of hydrogen-bond donors (Lipinski definition) is 0. The van der Waals surface area contributed by atoms with Crippen LogP contribution in [0.25, 0.3) is 0 Å². The van der Waals surface area contributed by atoms with Gasteiger partial charge in [-0.3, -0.25) is 4.90 Å². The summed E-state index contributed by atoms with van der Waals surface area (Å²) in [5.74, 6) is -2.97. The fourth-order valence-electron chi connectivity index (χ4n) is 2.93. The van der Waals surface area contributed by atoms with Crippen LogP contribution in [-0.4, -0.2) is 53.6 Å². The van der Waals surface area contributed by atoms with Gasteiger partial charge in [0.15, 0.2) is 0 Å². The average Bonchev–Trinajstić information content (AvgIpc) is 2.45. The number of ether oxygens (including phenoxy) is 1. The van der Waals surface area contributed by atoms with Crippen LogP contribution < -0.4 is 0 Å². The summed E-state index contributed by atoms with van der Waals surface area (Å²) < 4.78 is 34.4. The van der Waals surface area contributed by atoms with Gasteiger partial charge in [-0.05, 0) is 39.8 Å². The topological polar surface area (TPSA) is 32.8 Å². The predicted octanol–water partition coefficient (Wildman–Crippen LogP) is 3.76. The Bertz CT molecular complexity index is 558. The highest BCUT2D eigenvalue weighted by Crippen LogP contribution is 2.32. The molecule has 0 N–H and O–H groups in total. The Kier molecular flexibility index (Phi) is 5.48. The predicted molar refractivity (Wildman–Crippen MR) is 89.1 cm³/mol. The molecular formula is C18H26F2N2O2. The van der Waals surface area contributed by atoms with Crippen LogP contribution in [0.3, 0.4) is 0 Å². The molecule has 0 radical (unpaired) electrons. The first-order valence-corrected chi connectivity index (χ1v) is 8.18. The fraction of sp³-hybridized carbons (Fsp3) is 0.611. The van der Waals surface area contributed by atoms with E-state index in [1.807, 2.05) is 30.3 Å². The Morgan fingerprint density at radius 3 is 2.50 bits per heavy atom. The number of hydrogen-bond acceptors (Lipinski definition) is 3. The Morgan fingerprint density at radius 1 is 1.33 bits per heavy atom. The molecule has 0 aliphatic carbocycles. The molecule has 1 unspecified atom stereocenters. The smallest absolute Gasteiger partial charge is 0.410 e. The first-order valence-electron chi connectivity index (χ1n) is 8.18. The van der Waals surface area contributed by atoms with Gasteiger partial charge in [0, 0.05) is 13.1 Å². The molecule has 0 saturated carbocycles. The molecule has 1 saturated heterocycles. The number of rotatable bonds is 3. The third kappa shape index (κ3) is 4.90. The highest BCUT2D eigenvalue weighted by atomic mass is 19.3. The normalized spacial score (nSPS) is 21.0. The van der Waals surface area contributed by atoms with Crippen molar-refractivity contribution in [2.24, 2.45) is 0 Å². The average molecular weight is 340 g/mol. The molecule has 0 spiro atoms. The molecule has 0 aromatic heterocycles. The van der Waals surface area contributed by atoms with Gasteiger partial charge in [-0.15, -0.1) is 0 Å². The van der Waals surface area contributed by atoms with Gasteiger partial charge < -0.3 is 9.64 Å². The van der Waals surface area contributed by atoms with E-state index >= 15 is 0 Å². The second-order valence-electron chi connectivity index (χ2n) is 7.37. The van der Waals surface area contributed by atoms with Gasteiger partial charge in [0.25, 0.3) is 5.92 Å². The number of piperidine rings is 1. The number of benzene rings is 1. The molecule has 1 aliphatic rings. The van der Waals surface area contributed by atoms with Crippen LogP contribution in [0.4, 0.5) is 13.6 Å². The van der Waals surface area contributed by atoms with E-state index in [0.29, 0.717) is 6.54 Å². The van der Waals surface area contributed by atoms with Crippen molar-refractivity contribution in [2.45, 2.75) is 51.3 Å². The summed E-state index contributed by atoms with van der Waals surface area (Å²) in [5.41, 5.74) is 0.304. The Morgan fingerprint density at radius 2 is 1.96 bits per heavy atom. The summed E-state index contributed by atoms with van der Waals surface area (Å²) in [5, 5.41) is 0. The standard InChI is InChI=1S/C18H26F2N2O2/c1-17(2,3)24-16(23)22-11-10-15(18(19,20)13-22)21(4)12-14-8-6-5-7-9-14/h5-9,15H,10-13H2,1-4H3. The summed E-state index contributed by atoms with van der Waals surface area (Å²) in [6, 6.07) is 8.64. The summed E-state index contributed by atoms with van der Waals surface area (Å²) in [6.07, 6.45) is -0.457. The molecule has 24 heavy (non-hydrogen) atoms. The lowest BCUT2D eigenvalue weighted by Crippen LogP contribution is -2.58. The first kappa shape index (κ1) is 18.6. The van der Waals surface area contributed by atoms with Crippen molar-refractivity contribution in [1.82, 2.24) is 9.80 Å². The number of halogens is 2. The van der Waals surface area contributed by atoms with Gasteiger partial charge in [0.2, 0.25) is 0 Å². The minimum atomic E-state index is -2.97. The van der Waals surface area contributed by atoms with Gasteiger partial charge in [-0.1, -0.05) is 30.3 Å². The molecule has 6 heteroatoms. The van der Waals surface area contributed by atoms with Crippen LogP contribution in [0.1, 0.15) is 32.8 Å². The van der Waals surface area contributed by atoms with E-state index in [4.69, 9.17) is 4.74 Å². The SMILES string of the molecule is CN(Cc1ccccc1)C1CCN(C(=O)OC(C)(C)C)CC1(F)F. The van der Waals surface area contributed by atoms with Crippen molar-refractivity contribution in [3.05, 3.63) is 35.9 Å². The van der Waals surface area contributed by atoms with E-state index in [9.17, 15) is 13.6 Å². The summed E-state index contributed by atoms with van der Waals surface area (Å²) in [6.45, 7) is 5.30. The fourth-order valence-corrected chi connectivity index (χ4v) is 2.93. The van der Waals surface area contributed by atoms with E-state index in [1.165, 1.54) is 0 Å². The Balaban J connectivity index is 1.99. The summed E-state index contributed by atoms with van der Waals surface area (Å²) in [4.78, 5) is 14.8. The van der Waals surface area contributed by atoms with Crippen molar-refractivity contribution in [1.29, 1.82) is 0 Å². The number of carbonyl (C=O) groups is 1. The molecule has 1 atom stereocenters. The lowest BCUT2D eigenvalue weighted by atomic mass is 9.99. The maximum absolute atomic E-state index is 14.6. The molecule has 134 valence electrons. The minimum Gasteiger partial charge on any atom is -0.444 e. The maximum Gasteiger partial charge on any atom is 0.410 e. The molecule has 1 fully saturated rings. The van der Waals surface area contributed by atoms with Crippen molar-refractivity contribution in [3.8, 4) is 0 Å². The lowest BCUT2D eigenvalue weighted by Gasteiger charge is -2.42. The quantitative estimate of drug-likeness (QED) is 0.840. The second-order valence-corrected chi connectivity index (χ2v) is 7.37. The summed E-state index contributed by atoms with van der Waals surface area (Å²) in [7, 11) is 1.70. The first-order chi connectivity index (χ1) is 11.1. The third-order valence-corrected chi connectivity index (χ3v) is 4.02. The third-order valence-electron chi connectivity index (χ3n) is 4.02. The van der Waals surface area contributed by atoms with E-state index in [1.54, 1.807) is 32.7 Å². The number of amides is 1. The van der Waals surface area contributed by atoms with Gasteiger partial charge in [0.05, 0.1) is 12.6 Å². The number of nitrogens with zero attached hydrogens (tertiary/aromatic N) is 2. The van der Waals surface area contributed by atoms with Crippen molar-refractivity contribution >= 4 is 6.09 Å². The lowest BCUT2D eigenvalue weighted by molar-refractivity contribution is -0.122. The summed E-state index contributed by atoms with van der Waals surface area (Å²) >= 11 is 0. The molecule has 1 aromatic carbocycles. The highest BCUT2D eigenvalue weighted by molar-refractivity contribution is 5.68. The molecule has 1 amide bonds. The maximum atomic E-state index is 14.6. The zero-order valence-electron chi connectivity index (χ0n) is 14.8. The van der Waals surface area contributed by atoms with Gasteiger partial charge >= 0.3 is 6.09 Å². The van der Waals surface area contributed by atoms with Crippen LogP contribution in [0.2, 0.25) is 0 Å². The minimum absolute atomic E-state index is 0.218. The molecule has 4 nitrogen and oxygen atoms in total. The molecule has 1 aliphatic heterocycles. The van der Waals surface area contributed by atoms with Crippen LogP contribution in [0, 0.1) is 0 Å². The van der Waals surface area contributed by atoms with E-state index in [2.05, 4.69) is 0 Å². The van der Waals surface area contributed by atoms with Crippen molar-refractivity contribution in [2.75, 3.05) is 20.1 Å². The van der Waals surface area contributed by atoms with E-state index in [-0.39, 0.29) is 13.0 Å². The molecular weight excluding hydrogens is 314 g/mol. The van der Waals surface area contributed by atoms with E-state index < -0.39 is 30.2 Å². The van der Waals surface area contributed by atoms with Crippen LogP contribution in [0.15, 0.2) is 30.3 Å². The largest absolute Gasteiger partial charge is 0.444 e. The van der Waals surface area contributed by atoms with Gasteiger partial charge in [-0.25, -0.2) is 13.6 Å². The van der Waals surface area contributed by atoms with Crippen molar-refractivity contribution < 1.29 is 18.3 Å². The van der Waals surface area contributed by atoms with E-state index in [0.717, 1.165) is 10.5 Å². The van der Waals surface area contributed by atoms with Gasteiger partial charge in [-0.2, -0.15) is 0 Å². The number of likely N-dealkylation sites (tertiary alicyclic amines) is 1. The molecule has 1 aromatic rings. The molecule has 1 heterocycles. The highest BCUT2D eigenvalue weighted by Gasteiger charge is 2.48. The van der Waals surface area contributed by atoms with Crippen molar-refractivity contribution in [3.63, 3.8) is 0 Å². The zero-order chi connectivity index (χ0) is 18.0. The zero-order valence-corrected chi connectivity index (χ0v) is 14.8. The Hall–Kier alpha value is -1.69. The van der Waals surface area contributed by atoms with Gasteiger partial charge in [0.1, 0.15) is 5.60 Å². The molecule has 0 bridgehead atoms. The number of alkyl halides is 2. The van der Waals surface area contributed by atoms with Crippen LogP contribution >= 0.6 is 0 Å². The van der Waals surface area contributed by atoms with Crippen LogP contribution in [0.5, 0.6) is 0 Å². The van der Waals surface area contributed by atoms with Crippen LogP contribution in [-0.2, 0) is 11.3 Å².